The molecule has 3 heterocycles. The zero-order valence-corrected chi connectivity index (χ0v) is 12.0. The minimum atomic E-state index is 0.351. The molecule has 0 spiro atoms. The number of aryl methyl sites for hydroxylation is 1. The monoisotopic (exact) mass is 279 g/mol. The molecule has 0 bridgehead atoms. The lowest BCUT2D eigenvalue weighted by molar-refractivity contribution is 0.615. The van der Waals surface area contributed by atoms with Gasteiger partial charge in [0.1, 0.15) is 17.7 Å². The van der Waals surface area contributed by atoms with Crippen molar-refractivity contribution < 1.29 is 4.42 Å². The van der Waals surface area contributed by atoms with Gasteiger partial charge in [0.05, 0.1) is 11.4 Å². The van der Waals surface area contributed by atoms with Crippen LogP contribution in [0.5, 0.6) is 0 Å². The zero-order valence-electron chi connectivity index (χ0n) is 12.0. The Morgan fingerprint density at radius 2 is 2.14 bits per heavy atom. The van der Waals surface area contributed by atoms with Crippen molar-refractivity contribution in [1.29, 1.82) is 0 Å². The summed E-state index contributed by atoms with van der Waals surface area (Å²) in [5.74, 6) is 0.807. The van der Waals surface area contributed by atoms with Gasteiger partial charge in [-0.1, -0.05) is 18.2 Å². The number of aromatic nitrogens is 2. The van der Waals surface area contributed by atoms with Crippen molar-refractivity contribution in [2.45, 2.75) is 25.8 Å². The molecule has 2 aromatic heterocycles. The van der Waals surface area contributed by atoms with E-state index < -0.39 is 0 Å². The molecule has 0 unspecified atom stereocenters. The Hall–Kier alpha value is -2.20. The Kier molecular flexibility index (Phi) is 2.97. The van der Waals surface area contributed by atoms with Crippen LogP contribution in [0.3, 0.4) is 0 Å². The Bertz CT molecular complexity index is 788. The van der Waals surface area contributed by atoms with Crippen LogP contribution < -0.4 is 5.32 Å². The maximum atomic E-state index is 5.63. The van der Waals surface area contributed by atoms with E-state index in [1.807, 2.05) is 25.1 Å². The van der Waals surface area contributed by atoms with Gasteiger partial charge < -0.3 is 9.73 Å². The molecular weight excluding hydrogens is 262 g/mol. The normalized spacial score (nSPS) is 18.4. The molecule has 4 nitrogen and oxygen atoms in total. The molecule has 21 heavy (non-hydrogen) atoms. The first-order valence-corrected chi connectivity index (χ1v) is 7.37. The first-order valence-electron chi connectivity index (χ1n) is 7.37. The summed E-state index contributed by atoms with van der Waals surface area (Å²) in [6.07, 6.45) is 4.14. The third-order valence-corrected chi connectivity index (χ3v) is 4.03. The highest BCUT2D eigenvalue weighted by atomic mass is 16.3. The van der Waals surface area contributed by atoms with Gasteiger partial charge in [-0.3, -0.25) is 0 Å². The van der Waals surface area contributed by atoms with E-state index in [4.69, 9.17) is 4.42 Å². The van der Waals surface area contributed by atoms with E-state index in [0.717, 1.165) is 46.7 Å². The molecule has 0 radical (unpaired) electrons. The highest BCUT2D eigenvalue weighted by Gasteiger charge is 2.19. The van der Waals surface area contributed by atoms with Gasteiger partial charge in [0.25, 0.3) is 0 Å². The molecule has 1 aliphatic heterocycles. The highest BCUT2D eigenvalue weighted by Crippen LogP contribution is 2.31. The molecule has 1 aromatic carbocycles. The number of hydrogen-bond acceptors (Lipinski definition) is 4. The predicted molar refractivity (Wildman–Crippen MR) is 82.0 cm³/mol. The van der Waals surface area contributed by atoms with Crippen molar-refractivity contribution in [3.05, 3.63) is 48.1 Å². The number of fused-ring (bicyclic) bond motifs is 1. The van der Waals surface area contributed by atoms with Gasteiger partial charge in [-0.05, 0) is 38.4 Å². The van der Waals surface area contributed by atoms with Crippen LogP contribution in [0.4, 0.5) is 0 Å². The number of nitrogens with one attached hydrogen (secondary N) is 1. The molecule has 0 amide bonds. The van der Waals surface area contributed by atoms with Gasteiger partial charge in [-0.15, -0.1) is 0 Å². The smallest absolute Gasteiger partial charge is 0.134 e. The summed E-state index contributed by atoms with van der Waals surface area (Å²) in [6.45, 7) is 3.02. The van der Waals surface area contributed by atoms with Gasteiger partial charge >= 0.3 is 0 Å². The van der Waals surface area contributed by atoms with Crippen LogP contribution in [0.1, 0.15) is 30.4 Å². The first kappa shape index (κ1) is 12.5. The number of hydrogen-bond donors (Lipinski definition) is 1. The molecule has 1 atom stereocenters. The van der Waals surface area contributed by atoms with Crippen molar-refractivity contribution in [3.8, 4) is 11.3 Å². The van der Waals surface area contributed by atoms with Gasteiger partial charge in [-0.25, -0.2) is 9.97 Å². The lowest BCUT2D eigenvalue weighted by Gasteiger charge is -2.11. The van der Waals surface area contributed by atoms with Crippen LogP contribution in [0.25, 0.3) is 22.2 Å². The van der Waals surface area contributed by atoms with E-state index in [1.54, 1.807) is 6.26 Å². The Morgan fingerprint density at radius 1 is 1.24 bits per heavy atom. The number of benzene rings is 1. The molecular formula is C17H17N3O. The zero-order chi connectivity index (χ0) is 14.2. The van der Waals surface area contributed by atoms with Crippen LogP contribution in [0.15, 0.2) is 41.0 Å². The Balaban J connectivity index is 1.84. The van der Waals surface area contributed by atoms with E-state index in [2.05, 4.69) is 27.4 Å². The molecule has 0 aliphatic carbocycles. The van der Waals surface area contributed by atoms with Crippen LogP contribution in [0, 0.1) is 6.92 Å². The van der Waals surface area contributed by atoms with Crippen LogP contribution in [-0.2, 0) is 0 Å². The van der Waals surface area contributed by atoms with E-state index in [0.29, 0.717) is 6.04 Å². The van der Waals surface area contributed by atoms with E-state index >= 15 is 0 Å². The number of para-hydroxylation sites is 1. The quantitative estimate of drug-likeness (QED) is 0.778. The van der Waals surface area contributed by atoms with Gasteiger partial charge in [0.15, 0.2) is 0 Å². The van der Waals surface area contributed by atoms with Crippen molar-refractivity contribution in [2.24, 2.45) is 0 Å². The standard InChI is InChI=1S/C17H17N3O/c1-11-19-15(9-16(20-11)14-6-4-8-18-14)13-10-21-17-7-3-2-5-12(13)17/h2-3,5,7,9-10,14,18H,4,6,8H2,1H3/t14-/m0/s1. The summed E-state index contributed by atoms with van der Waals surface area (Å²) >= 11 is 0. The van der Waals surface area contributed by atoms with E-state index in [9.17, 15) is 0 Å². The lowest BCUT2D eigenvalue weighted by atomic mass is 10.1. The third kappa shape index (κ3) is 2.21. The molecule has 3 aromatic rings. The summed E-state index contributed by atoms with van der Waals surface area (Å²) in [6, 6.07) is 10.5. The number of nitrogens with zero attached hydrogens (tertiary/aromatic N) is 2. The van der Waals surface area contributed by atoms with Gasteiger partial charge in [-0.2, -0.15) is 0 Å². The van der Waals surface area contributed by atoms with Crippen molar-refractivity contribution in [1.82, 2.24) is 15.3 Å². The fraction of sp³-hybridized carbons (Fsp3) is 0.294. The SMILES string of the molecule is Cc1nc(-c2coc3ccccc23)cc([C@@H]2CCCN2)n1. The molecule has 4 heteroatoms. The second kappa shape index (κ2) is 4.97. The topological polar surface area (TPSA) is 51.0 Å². The van der Waals surface area contributed by atoms with Crippen LogP contribution >= 0.6 is 0 Å². The summed E-state index contributed by atoms with van der Waals surface area (Å²) < 4.78 is 5.63. The van der Waals surface area contributed by atoms with E-state index in [1.165, 1.54) is 6.42 Å². The maximum Gasteiger partial charge on any atom is 0.134 e. The predicted octanol–water partition coefficient (Wildman–Crippen LogP) is 3.62. The lowest BCUT2D eigenvalue weighted by Crippen LogP contribution is -2.15. The number of rotatable bonds is 2. The molecule has 1 aliphatic rings. The highest BCUT2D eigenvalue weighted by molar-refractivity contribution is 5.92. The summed E-state index contributed by atoms with van der Waals surface area (Å²) in [5, 5.41) is 4.59. The van der Waals surface area contributed by atoms with Crippen LogP contribution in [0.2, 0.25) is 0 Å². The molecule has 4 rings (SSSR count). The molecule has 1 fully saturated rings. The van der Waals surface area contributed by atoms with Gasteiger partial charge in [0.2, 0.25) is 0 Å². The molecule has 1 N–H and O–H groups in total. The van der Waals surface area contributed by atoms with Crippen LogP contribution in [-0.4, -0.2) is 16.5 Å². The summed E-state index contributed by atoms with van der Waals surface area (Å²) in [4.78, 5) is 9.20. The largest absolute Gasteiger partial charge is 0.464 e. The molecule has 0 saturated carbocycles. The fourth-order valence-corrected chi connectivity index (χ4v) is 3.02. The average Bonchev–Trinajstić information content (AvgIpc) is 3.16. The first-order chi connectivity index (χ1) is 10.3. The maximum absolute atomic E-state index is 5.63. The van der Waals surface area contributed by atoms with E-state index in [-0.39, 0.29) is 0 Å². The fourth-order valence-electron chi connectivity index (χ4n) is 3.02. The van der Waals surface area contributed by atoms with Gasteiger partial charge in [0, 0.05) is 17.0 Å². The Labute approximate surface area is 123 Å². The summed E-state index contributed by atoms with van der Waals surface area (Å²) in [5.41, 5.74) is 3.95. The second-order valence-electron chi connectivity index (χ2n) is 5.52. The summed E-state index contributed by atoms with van der Waals surface area (Å²) in [7, 11) is 0. The third-order valence-electron chi connectivity index (χ3n) is 4.03. The molecule has 106 valence electrons. The molecule has 1 saturated heterocycles. The second-order valence-corrected chi connectivity index (χ2v) is 5.52. The van der Waals surface area contributed by atoms with Crippen molar-refractivity contribution in [3.63, 3.8) is 0 Å². The Morgan fingerprint density at radius 3 is 3.00 bits per heavy atom. The minimum absolute atomic E-state index is 0.351. The van der Waals surface area contributed by atoms with Crippen molar-refractivity contribution >= 4 is 11.0 Å². The number of furan rings is 1. The van der Waals surface area contributed by atoms with Crippen molar-refractivity contribution in [2.75, 3.05) is 6.54 Å². The average molecular weight is 279 g/mol. The minimum Gasteiger partial charge on any atom is -0.464 e.